The van der Waals surface area contributed by atoms with Crippen LogP contribution >= 0.6 is 0 Å². The number of esters is 1. The van der Waals surface area contributed by atoms with Crippen molar-refractivity contribution in [3.8, 4) is 22.9 Å². The van der Waals surface area contributed by atoms with Crippen molar-refractivity contribution in [2.75, 3.05) is 6.61 Å². The fourth-order valence-electron chi connectivity index (χ4n) is 4.86. The second-order valence-electron chi connectivity index (χ2n) is 11.1. The first-order valence-corrected chi connectivity index (χ1v) is 18.0. The van der Waals surface area contributed by atoms with E-state index in [4.69, 9.17) is 9.47 Å². The van der Waals surface area contributed by atoms with E-state index < -0.39 is 32.0 Å². The molecular formula is C34H45F2N2O3Si. The van der Waals surface area contributed by atoms with Gasteiger partial charge in [0.2, 0.25) is 5.82 Å². The van der Waals surface area contributed by atoms with Crippen molar-refractivity contribution < 1.29 is 23.0 Å². The molecule has 3 aromatic rings. The Labute approximate surface area is 251 Å². The van der Waals surface area contributed by atoms with Gasteiger partial charge in [-0.1, -0.05) is 78.3 Å². The molecule has 0 N–H and O–H groups in total. The van der Waals surface area contributed by atoms with Crippen LogP contribution in [0.25, 0.3) is 11.4 Å². The number of halogens is 2. The lowest BCUT2D eigenvalue weighted by Gasteiger charge is -2.19. The number of unbranched alkanes of at least 4 members (excludes halogenated alkanes) is 6. The summed E-state index contributed by atoms with van der Waals surface area (Å²) in [5.74, 6) is -2.86. The van der Waals surface area contributed by atoms with Crippen LogP contribution in [0.5, 0.6) is 11.5 Å². The number of aryl methyl sites for hydroxylation is 1. The van der Waals surface area contributed by atoms with Gasteiger partial charge in [-0.3, -0.25) is 0 Å². The maximum absolute atomic E-state index is 14.8. The summed E-state index contributed by atoms with van der Waals surface area (Å²) in [7, 11) is -0.507. The summed E-state index contributed by atoms with van der Waals surface area (Å²) in [6.07, 6.45) is 16.3. The van der Waals surface area contributed by atoms with Gasteiger partial charge in [-0.05, 0) is 66.8 Å². The number of nitrogens with zero attached hydrogens (tertiary/aromatic N) is 2. The molecule has 227 valence electrons. The summed E-state index contributed by atoms with van der Waals surface area (Å²) in [4.78, 5) is 21.6. The zero-order valence-electron chi connectivity index (χ0n) is 25.6. The molecule has 0 aliphatic carbocycles. The van der Waals surface area contributed by atoms with E-state index in [9.17, 15) is 13.6 Å². The molecule has 1 aromatic heterocycles. The van der Waals surface area contributed by atoms with Gasteiger partial charge in [0, 0.05) is 26.8 Å². The zero-order valence-corrected chi connectivity index (χ0v) is 26.6. The number of carbonyl (C=O) groups is 1. The maximum Gasteiger partial charge on any atom is 0.346 e. The van der Waals surface area contributed by atoms with Crippen LogP contribution in [0.4, 0.5) is 8.78 Å². The Morgan fingerprint density at radius 1 is 0.833 bits per heavy atom. The summed E-state index contributed by atoms with van der Waals surface area (Å²) in [5.41, 5.74) is 1.94. The van der Waals surface area contributed by atoms with Gasteiger partial charge in [0.1, 0.15) is 5.75 Å². The number of ether oxygens (including phenoxy) is 2. The highest BCUT2D eigenvalue weighted by atomic mass is 28.3. The first kappa shape index (κ1) is 33.4. The average Bonchev–Trinajstić information content (AvgIpc) is 2.99. The summed E-state index contributed by atoms with van der Waals surface area (Å²) in [6, 6.07) is 9.11. The van der Waals surface area contributed by atoms with Gasteiger partial charge in [-0.25, -0.2) is 19.2 Å². The SMILES string of the molecule is CCCCCCCCc1cnc(-c2ccc(OC(=O)c3ccc(OCCC(CCCC)[Si](C)C)c(F)c3F)cc2)nc1. The van der Waals surface area contributed by atoms with Gasteiger partial charge in [-0.15, -0.1) is 0 Å². The van der Waals surface area contributed by atoms with Gasteiger partial charge in [-0.2, -0.15) is 4.39 Å². The van der Waals surface area contributed by atoms with Crippen molar-refractivity contribution in [1.82, 2.24) is 9.97 Å². The molecular weight excluding hydrogens is 550 g/mol. The number of rotatable bonds is 18. The zero-order chi connectivity index (χ0) is 30.3. The Bertz CT molecular complexity index is 1240. The molecule has 2 aromatic carbocycles. The Morgan fingerprint density at radius 2 is 1.50 bits per heavy atom. The summed E-state index contributed by atoms with van der Waals surface area (Å²) >= 11 is 0. The van der Waals surface area contributed by atoms with Crippen molar-refractivity contribution in [2.45, 2.75) is 103 Å². The van der Waals surface area contributed by atoms with E-state index in [1.807, 2.05) is 12.4 Å². The molecule has 0 aliphatic rings. The Hall–Kier alpha value is -3.13. The second-order valence-corrected chi connectivity index (χ2v) is 14.1. The van der Waals surface area contributed by atoms with Crippen LogP contribution in [0.2, 0.25) is 18.6 Å². The van der Waals surface area contributed by atoms with Crippen molar-refractivity contribution in [3.05, 3.63) is 71.6 Å². The van der Waals surface area contributed by atoms with Crippen LogP contribution in [0.3, 0.4) is 0 Å². The largest absolute Gasteiger partial charge is 0.490 e. The van der Waals surface area contributed by atoms with E-state index in [-0.39, 0.29) is 11.5 Å². The number of hydrogen-bond donors (Lipinski definition) is 0. The van der Waals surface area contributed by atoms with Crippen molar-refractivity contribution in [3.63, 3.8) is 0 Å². The van der Waals surface area contributed by atoms with Crippen LogP contribution in [-0.2, 0) is 6.42 Å². The van der Waals surface area contributed by atoms with Crippen LogP contribution in [-0.4, -0.2) is 31.3 Å². The second kappa shape index (κ2) is 17.7. The van der Waals surface area contributed by atoms with Crippen LogP contribution in [0, 0.1) is 11.6 Å². The molecule has 1 radical (unpaired) electrons. The van der Waals surface area contributed by atoms with Gasteiger partial charge in [0.05, 0.1) is 12.2 Å². The highest BCUT2D eigenvalue weighted by molar-refractivity contribution is 6.57. The van der Waals surface area contributed by atoms with Crippen LogP contribution in [0.15, 0.2) is 48.8 Å². The maximum atomic E-state index is 14.8. The third-order valence-corrected chi connectivity index (χ3v) is 9.77. The molecule has 0 saturated heterocycles. The van der Waals surface area contributed by atoms with E-state index in [1.165, 1.54) is 44.2 Å². The summed E-state index contributed by atoms with van der Waals surface area (Å²) < 4.78 is 40.4. The van der Waals surface area contributed by atoms with E-state index in [0.29, 0.717) is 18.0 Å². The smallest absolute Gasteiger partial charge is 0.346 e. The van der Waals surface area contributed by atoms with Gasteiger partial charge >= 0.3 is 5.97 Å². The van der Waals surface area contributed by atoms with Gasteiger partial charge < -0.3 is 9.47 Å². The van der Waals surface area contributed by atoms with Crippen molar-refractivity contribution in [2.24, 2.45) is 0 Å². The summed E-state index contributed by atoms with van der Waals surface area (Å²) in [5, 5.41) is 0. The number of hydrogen-bond acceptors (Lipinski definition) is 5. The summed E-state index contributed by atoms with van der Waals surface area (Å²) in [6.45, 7) is 9.22. The van der Waals surface area contributed by atoms with E-state index in [0.717, 1.165) is 49.7 Å². The van der Waals surface area contributed by atoms with Crippen LogP contribution in [0.1, 0.15) is 94.0 Å². The highest BCUT2D eigenvalue weighted by Gasteiger charge is 2.22. The van der Waals surface area contributed by atoms with Crippen molar-refractivity contribution >= 4 is 14.8 Å². The molecule has 3 rings (SSSR count). The monoisotopic (exact) mass is 595 g/mol. The molecule has 1 unspecified atom stereocenters. The Morgan fingerprint density at radius 3 is 2.17 bits per heavy atom. The third-order valence-electron chi connectivity index (χ3n) is 7.56. The average molecular weight is 596 g/mol. The fourth-order valence-corrected chi connectivity index (χ4v) is 6.34. The molecule has 0 fully saturated rings. The minimum atomic E-state index is -1.28. The number of aromatic nitrogens is 2. The molecule has 1 heterocycles. The molecule has 0 aliphatic heterocycles. The standard InChI is InChI=1S/C34H45F2N2O3Si/c1-5-7-9-10-11-12-13-25-23-37-33(38-24-25)26-15-17-27(18-16-26)41-34(39)29-19-20-30(32(36)31(29)35)40-22-21-28(42(3)4)14-8-6-2/h15-20,23-24,28H,5-14,21-22H2,1-4H3. The lowest BCUT2D eigenvalue weighted by molar-refractivity contribution is 0.0728. The third kappa shape index (κ3) is 10.3. The fraction of sp³-hybridized carbons (Fsp3) is 0.500. The van der Waals surface area contributed by atoms with Gasteiger partial charge in [0.25, 0.3) is 0 Å². The predicted molar refractivity (Wildman–Crippen MR) is 167 cm³/mol. The van der Waals surface area contributed by atoms with E-state index in [1.54, 1.807) is 24.3 Å². The molecule has 0 amide bonds. The van der Waals surface area contributed by atoms with Crippen LogP contribution < -0.4 is 9.47 Å². The topological polar surface area (TPSA) is 61.3 Å². The number of carbonyl (C=O) groups excluding carboxylic acids is 1. The number of benzene rings is 2. The van der Waals surface area contributed by atoms with Gasteiger partial charge in [0.15, 0.2) is 17.4 Å². The van der Waals surface area contributed by atoms with E-state index >= 15 is 0 Å². The lowest BCUT2D eigenvalue weighted by Crippen LogP contribution is -2.16. The minimum absolute atomic E-state index is 0.193. The molecule has 0 spiro atoms. The predicted octanol–water partition coefficient (Wildman–Crippen LogP) is 9.63. The molecule has 1 atom stereocenters. The molecule has 0 saturated carbocycles. The molecule has 8 heteroatoms. The quantitative estimate of drug-likeness (QED) is 0.0634. The molecule has 42 heavy (non-hydrogen) atoms. The molecule has 0 bridgehead atoms. The molecule has 5 nitrogen and oxygen atoms in total. The highest BCUT2D eigenvalue weighted by Crippen LogP contribution is 2.27. The van der Waals surface area contributed by atoms with Crippen molar-refractivity contribution in [1.29, 1.82) is 0 Å². The first-order valence-electron chi connectivity index (χ1n) is 15.4. The Balaban J connectivity index is 1.53. The Kier molecular flexibility index (Phi) is 14.1. The normalized spacial score (nSPS) is 12.0. The first-order chi connectivity index (χ1) is 20.3. The lowest BCUT2D eigenvalue weighted by atomic mass is 10.1. The minimum Gasteiger partial charge on any atom is -0.490 e. The van der Waals surface area contributed by atoms with E-state index in [2.05, 4.69) is 36.9 Å².